The van der Waals surface area contributed by atoms with Crippen molar-refractivity contribution in [1.29, 1.82) is 0 Å². The average Bonchev–Trinajstić information content (AvgIpc) is 2.38. The summed E-state index contributed by atoms with van der Waals surface area (Å²) in [7, 11) is 0. The Morgan fingerprint density at radius 3 is 2.58 bits per heavy atom. The van der Waals surface area contributed by atoms with Crippen molar-refractivity contribution in [2.45, 2.75) is 26.8 Å². The molecule has 0 aliphatic rings. The summed E-state index contributed by atoms with van der Waals surface area (Å²) in [4.78, 5) is 0. The Morgan fingerprint density at radius 2 is 1.89 bits per heavy atom. The minimum atomic E-state index is -0.172. The maximum atomic E-state index is 13.6. The van der Waals surface area contributed by atoms with Crippen LogP contribution in [0.3, 0.4) is 0 Å². The molecule has 1 nitrogen and oxygen atoms in total. The van der Waals surface area contributed by atoms with Crippen molar-refractivity contribution in [2.24, 2.45) is 0 Å². The lowest BCUT2D eigenvalue weighted by Gasteiger charge is -2.18. The summed E-state index contributed by atoms with van der Waals surface area (Å²) in [6.45, 7) is 5.73. The fourth-order valence-corrected chi connectivity index (χ4v) is 2.13. The molecule has 1 unspecified atom stereocenters. The molecule has 1 atom stereocenters. The maximum absolute atomic E-state index is 13.6. The van der Waals surface area contributed by atoms with Gasteiger partial charge in [-0.05, 0) is 55.7 Å². The minimum Gasteiger partial charge on any atom is -0.378 e. The van der Waals surface area contributed by atoms with Gasteiger partial charge in [-0.15, -0.1) is 0 Å². The molecule has 0 saturated carbocycles. The Bertz CT molecular complexity index is 595. The van der Waals surface area contributed by atoms with Crippen LogP contribution >= 0.6 is 11.6 Å². The van der Waals surface area contributed by atoms with Gasteiger partial charge >= 0.3 is 0 Å². The van der Waals surface area contributed by atoms with E-state index in [9.17, 15) is 4.39 Å². The van der Waals surface area contributed by atoms with E-state index in [1.165, 1.54) is 0 Å². The lowest BCUT2D eigenvalue weighted by atomic mass is 10.0. The van der Waals surface area contributed by atoms with Crippen LogP contribution < -0.4 is 5.32 Å². The molecule has 0 aromatic heterocycles. The zero-order chi connectivity index (χ0) is 14.0. The normalized spacial score (nSPS) is 12.3. The van der Waals surface area contributed by atoms with Crippen LogP contribution in [0.25, 0.3) is 0 Å². The highest BCUT2D eigenvalue weighted by molar-refractivity contribution is 6.31. The largest absolute Gasteiger partial charge is 0.378 e. The lowest BCUT2D eigenvalue weighted by Crippen LogP contribution is -2.08. The van der Waals surface area contributed by atoms with Gasteiger partial charge in [0, 0.05) is 16.8 Å². The molecule has 2 aromatic rings. The molecular formula is C16H17ClFN. The van der Waals surface area contributed by atoms with E-state index in [-0.39, 0.29) is 11.9 Å². The van der Waals surface area contributed by atoms with Gasteiger partial charge in [-0.3, -0.25) is 0 Å². The van der Waals surface area contributed by atoms with Crippen molar-refractivity contribution >= 4 is 17.3 Å². The van der Waals surface area contributed by atoms with Crippen molar-refractivity contribution in [3.8, 4) is 0 Å². The van der Waals surface area contributed by atoms with Gasteiger partial charge in [-0.1, -0.05) is 29.8 Å². The predicted molar refractivity (Wildman–Crippen MR) is 79.4 cm³/mol. The first-order chi connectivity index (χ1) is 8.99. The molecule has 0 fully saturated rings. The van der Waals surface area contributed by atoms with E-state index in [1.807, 2.05) is 38.1 Å². The average molecular weight is 278 g/mol. The van der Waals surface area contributed by atoms with Crippen molar-refractivity contribution in [1.82, 2.24) is 0 Å². The van der Waals surface area contributed by atoms with E-state index in [4.69, 9.17) is 11.6 Å². The maximum Gasteiger partial charge on any atom is 0.126 e. The summed E-state index contributed by atoms with van der Waals surface area (Å²) in [5.41, 5.74) is 3.56. The summed E-state index contributed by atoms with van der Waals surface area (Å²) in [6.07, 6.45) is 0. The topological polar surface area (TPSA) is 12.0 Å². The number of hydrogen-bond donors (Lipinski definition) is 1. The molecule has 3 heteroatoms. The summed E-state index contributed by atoms with van der Waals surface area (Å²) in [5, 5.41) is 4.09. The van der Waals surface area contributed by atoms with Crippen LogP contribution in [-0.2, 0) is 0 Å². The first-order valence-corrected chi connectivity index (χ1v) is 6.64. The highest BCUT2D eigenvalue weighted by Crippen LogP contribution is 2.27. The highest BCUT2D eigenvalue weighted by Gasteiger charge is 2.09. The molecule has 0 spiro atoms. The zero-order valence-electron chi connectivity index (χ0n) is 11.3. The Hall–Kier alpha value is -1.54. The van der Waals surface area contributed by atoms with E-state index >= 15 is 0 Å². The van der Waals surface area contributed by atoms with Gasteiger partial charge in [-0.2, -0.15) is 0 Å². The molecular weight excluding hydrogens is 261 g/mol. The van der Waals surface area contributed by atoms with Crippen molar-refractivity contribution in [3.63, 3.8) is 0 Å². The SMILES string of the molecule is Cc1ccc(C(C)Nc2cccc(Cl)c2C)cc1F. The van der Waals surface area contributed by atoms with Crippen LogP contribution in [0.15, 0.2) is 36.4 Å². The Kier molecular flexibility index (Phi) is 4.11. The standard InChI is InChI=1S/C16H17ClFN/c1-10-7-8-13(9-15(10)18)12(3)19-16-6-4-5-14(17)11(16)2/h4-9,12,19H,1-3H3. The van der Waals surface area contributed by atoms with Gasteiger partial charge < -0.3 is 5.32 Å². The van der Waals surface area contributed by atoms with Crippen molar-refractivity contribution in [3.05, 3.63) is 63.9 Å². The molecule has 0 amide bonds. The predicted octanol–water partition coefficient (Wildman–Crippen LogP) is 5.27. The second-order valence-corrected chi connectivity index (χ2v) is 5.19. The lowest BCUT2D eigenvalue weighted by molar-refractivity contribution is 0.614. The first-order valence-electron chi connectivity index (χ1n) is 6.26. The van der Waals surface area contributed by atoms with Gasteiger partial charge in [-0.25, -0.2) is 4.39 Å². The second-order valence-electron chi connectivity index (χ2n) is 4.79. The van der Waals surface area contributed by atoms with Gasteiger partial charge in [0.15, 0.2) is 0 Å². The molecule has 19 heavy (non-hydrogen) atoms. The fourth-order valence-electron chi connectivity index (χ4n) is 1.96. The van der Waals surface area contributed by atoms with E-state index < -0.39 is 0 Å². The number of aryl methyl sites for hydroxylation is 1. The van der Waals surface area contributed by atoms with Gasteiger partial charge in [0.2, 0.25) is 0 Å². The monoisotopic (exact) mass is 277 g/mol. The number of halogens is 2. The number of benzene rings is 2. The van der Waals surface area contributed by atoms with E-state index in [0.717, 1.165) is 21.8 Å². The summed E-state index contributed by atoms with van der Waals surface area (Å²) in [6, 6.07) is 11.1. The quantitative estimate of drug-likeness (QED) is 0.806. The smallest absolute Gasteiger partial charge is 0.126 e. The summed E-state index contributed by atoms with van der Waals surface area (Å²) < 4.78 is 13.6. The third-order valence-electron chi connectivity index (χ3n) is 3.34. The molecule has 0 radical (unpaired) electrons. The Morgan fingerprint density at radius 1 is 1.16 bits per heavy atom. The molecule has 2 rings (SSSR count). The number of nitrogens with one attached hydrogen (secondary N) is 1. The van der Waals surface area contributed by atoms with Crippen molar-refractivity contribution in [2.75, 3.05) is 5.32 Å². The van der Waals surface area contributed by atoms with E-state index in [0.29, 0.717) is 5.56 Å². The van der Waals surface area contributed by atoms with Gasteiger partial charge in [0.25, 0.3) is 0 Å². The summed E-state index contributed by atoms with van der Waals surface area (Å²) in [5.74, 6) is -0.172. The number of rotatable bonds is 3. The molecule has 2 aromatic carbocycles. The number of anilines is 1. The molecule has 0 saturated heterocycles. The van der Waals surface area contributed by atoms with E-state index in [1.54, 1.807) is 19.1 Å². The second kappa shape index (κ2) is 5.62. The first kappa shape index (κ1) is 13.9. The van der Waals surface area contributed by atoms with Gasteiger partial charge in [0.1, 0.15) is 5.82 Å². The van der Waals surface area contributed by atoms with Crippen LogP contribution in [0.1, 0.15) is 29.7 Å². The van der Waals surface area contributed by atoms with Crippen molar-refractivity contribution < 1.29 is 4.39 Å². The third kappa shape index (κ3) is 3.07. The minimum absolute atomic E-state index is 0.0206. The van der Waals surface area contributed by atoms with Crippen LogP contribution in [0.2, 0.25) is 5.02 Å². The zero-order valence-corrected chi connectivity index (χ0v) is 12.1. The van der Waals surface area contributed by atoms with Crippen LogP contribution in [0.4, 0.5) is 10.1 Å². The van der Waals surface area contributed by atoms with Crippen LogP contribution in [-0.4, -0.2) is 0 Å². The molecule has 0 aliphatic heterocycles. The molecule has 0 aliphatic carbocycles. The van der Waals surface area contributed by atoms with Gasteiger partial charge in [0.05, 0.1) is 0 Å². The Balaban J connectivity index is 2.23. The molecule has 0 heterocycles. The van der Waals surface area contributed by atoms with E-state index in [2.05, 4.69) is 5.32 Å². The van der Waals surface area contributed by atoms with Crippen LogP contribution in [0, 0.1) is 19.7 Å². The third-order valence-corrected chi connectivity index (χ3v) is 3.75. The Labute approximate surface area is 118 Å². The molecule has 1 N–H and O–H groups in total. The summed E-state index contributed by atoms with van der Waals surface area (Å²) >= 11 is 6.09. The molecule has 0 bridgehead atoms. The van der Waals surface area contributed by atoms with Crippen LogP contribution in [0.5, 0.6) is 0 Å². The fraction of sp³-hybridized carbons (Fsp3) is 0.250. The molecule has 100 valence electrons. The highest BCUT2D eigenvalue weighted by atomic mass is 35.5. The number of hydrogen-bond acceptors (Lipinski definition) is 1.